The van der Waals surface area contributed by atoms with Gasteiger partial charge in [-0.15, -0.1) is 0 Å². The third kappa shape index (κ3) is 3.57. The van der Waals surface area contributed by atoms with Crippen LogP contribution in [-0.2, 0) is 11.3 Å². The number of halogens is 1. The second-order valence-corrected chi connectivity index (χ2v) is 7.39. The van der Waals surface area contributed by atoms with Crippen molar-refractivity contribution >= 4 is 34.8 Å². The molecule has 0 fully saturated rings. The second kappa shape index (κ2) is 8.08. The van der Waals surface area contributed by atoms with Crippen LogP contribution in [0, 0.1) is 0 Å². The Hall–Kier alpha value is -3.51. The Morgan fingerprint density at radius 2 is 1.87 bits per heavy atom. The Morgan fingerprint density at radius 1 is 1.13 bits per heavy atom. The summed E-state index contributed by atoms with van der Waals surface area (Å²) in [6.45, 7) is 0.316. The molecule has 152 valence electrons. The minimum Gasteiger partial charge on any atom is -0.496 e. The highest BCUT2D eigenvalue weighted by Crippen LogP contribution is 2.36. The monoisotopic (exact) mass is 421 g/mol. The van der Waals surface area contributed by atoms with Crippen molar-refractivity contribution < 1.29 is 14.3 Å². The minimum atomic E-state index is -0.917. The van der Waals surface area contributed by atoms with E-state index < -0.39 is 11.9 Å². The number of nitrogen functional groups attached to an aromatic ring is 1. The maximum atomic E-state index is 13.5. The van der Waals surface area contributed by atoms with E-state index in [4.69, 9.17) is 22.1 Å². The number of carbonyl (C=O) groups is 2. The SMILES string of the molecule is COc1ccccc1C(C(=O)Nc1cc(Cl)ccc1N)N1Cc2ccccc2C1=O. The Kier molecular flexibility index (Phi) is 5.33. The number of fused-ring (bicyclic) bond motifs is 1. The quantitative estimate of drug-likeness (QED) is 0.602. The van der Waals surface area contributed by atoms with Gasteiger partial charge in [0.1, 0.15) is 11.8 Å². The summed E-state index contributed by atoms with van der Waals surface area (Å²) in [5, 5.41) is 3.27. The summed E-state index contributed by atoms with van der Waals surface area (Å²) in [5.41, 5.74) is 8.81. The molecule has 0 spiro atoms. The van der Waals surface area contributed by atoms with Crippen LogP contribution in [0.5, 0.6) is 5.75 Å². The molecule has 0 saturated heterocycles. The molecule has 4 rings (SSSR count). The normalized spacial score (nSPS) is 13.7. The van der Waals surface area contributed by atoms with Crippen LogP contribution in [0.25, 0.3) is 0 Å². The van der Waals surface area contributed by atoms with E-state index in [0.29, 0.717) is 39.8 Å². The zero-order valence-corrected chi connectivity index (χ0v) is 17.0. The average molecular weight is 422 g/mol. The van der Waals surface area contributed by atoms with Crippen LogP contribution in [-0.4, -0.2) is 23.8 Å². The van der Waals surface area contributed by atoms with E-state index >= 15 is 0 Å². The molecule has 1 aliphatic heterocycles. The van der Waals surface area contributed by atoms with Gasteiger partial charge in [0.15, 0.2) is 0 Å². The van der Waals surface area contributed by atoms with E-state index in [1.807, 2.05) is 24.3 Å². The van der Waals surface area contributed by atoms with Gasteiger partial charge in [0.2, 0.25) is 0 Å². The maximum Gasteiger partial charge on any atom is 0.255 e. The molecule has 1 atom stereocenters. The molecule has 2 amide bonds. The number of carbonyl (C=O) groups excluding carboxylic acids is 2. The highest BCUT2D eigenvalue weighted by atomic mass is 35.5. The number of rotatable bonds is 5. The van der Waals surface area contributed by atoms with Gasteiger partial charge in [-0.1, -0.05) is 48.0 Å². The molecule has 7 heteroatoms. The van der Waals surface area contributed by atoms with Crippen molar-refractivity contribution in [1.82, 2.24) is 4.90 Å². The lowest BCUT2D eigenvalue weighted by Crippen LogP contribution is -2.38. The van der Waals surface area contributed by atoms with Gasteiger partial charge in [0, 0.05) is 22.7 Å². The summed E-state index contributed by atoms with van der Waals surface area (Å²) in [6, 6.07) is 18.4. The first-order valence-corrected chi connectivity index (χ1v) is 9.75. The zero-order valence-electron chi connectivity index (χ0n) is 16.3. The highest BCUT2D eigenvalue weighted by Gasteiger charge is 2.38. The number of hydrogen-bond acceptors (Lipinski definition) is 4. The predicted octanol–water partition coefficient (Wildman–Crippen LogP) is 4.27. The number of anilines is 2. The molecule has 0 saturated carbocycles. The molecule has 6 nitrogen and oxygen atoms in total. The molecular formula is C23H20ClN3O3. The third-order valence-corrected chi connectivity index (χ3v) is 5.35. The predicted molar refractivity (Wildman–Crippen MR) is 117 cm³/mol. The number of ether oxygens (including phenoxy) is 1. The van der Waals surface area contributed by atoms with E-state index in [-0.39, 0.29) is 5.91 Å². The van der Waals surface area contributed by atoms with Gasteiger partial charge >= 0.3 is 0 Å². The largest absolute Gasteiger partial charge is 0.496 e. The van der Waals surface area contributed by atoms with Crippen molar-refractivity contribution in [3.05, 3.63) is 88.4 Å². The van der Waals surface area contributed by atoms with E-state index in [2.05, 4.69) is 5.32 Å². The van der Waals surface area contributed by atoms with Crippen LogP contribution in [0.3, 0.4) is 0 Å². The molecule has 0 aromatic heterocycles. The topological polar surface area (TPSA) is 84.7 Å². The number of methoxy groups -OCH3 is 1. The molecule has 0 bridgehead atoms. The summed E-state index contributed by atoms with van der Waals surface area (Å²) in [4.78, 5) is 28.2. The first kappa shape index (κ1) is 19.8. The summed E-state index contributed by atoms with van der Waals surface area (Å²) in [5.74, 6) is -0.106. The zero-order chi connectivity index (χ0) is 21.3. The van der Waals surface area contributed by atoms with Gasteiger partial charge in [-0.2, -0.15) is 0 Å². The van der Waals surface area contributed by atoms with Crippen molar-refractivity contribution in [3.8, 4) is 5.75 Å². The van der Waals surface area contributed by atoms with Gasteiger partial charge in [-0.25, -0.2) is 0 Å². The van der Waals surface area contributed by atoms with Gasteiger partial charge < -0.3 is 20.7 Å². The molecule has 1 unspecified atom stereocenters. The van der Waals surface area contributed by atoms with Crippen LogP contribution in [0.4, 0.5) is 11.4 Å². The van der Waals surface area contributed by atoms with E-state index in [1.54, 1.807) is 47.4 Å². The van der Waals surface area contributed by atoms with Crippen molar-refractivity contribution in [3.63, 3.8) is 0 Å². The minimum absolute atomic E-state index is 0.212. The molecule has 3 aromatic rings. The summed E-state index contributed by atoms with van der Waals surface area (Å²) >= 11 is 6.06. The van der Waals surface area contributed by atoms with Crippen molar-refractivity contribution in [2.24, 2.45) is 0 Å². The summed E-state index contributed by atoms with van der Waals surface area (Å²) in [6.07, 6.45) is 0. The first-order chi connectivity index (χ1) is 14.5. The summed E-state index contributed by atoms with van der Waals surface area (Å²) in [7, 11) is 1.53. The smallest absolute Gasteiger partial charge is 0.255 e. The van der Waals surface area contributed by atoms with Crippen molar-refractivity contribution in [1.29, 1.82) is 0 Å². The van der Waals surface area contributed by atoms with Gasteiger partial charge in [0.25, 0.3) is 11.8 Å². The van der Waals surface area contributed by atoms with Crippen LogP contribution in [0.2, 0.25) is 5.02 Å². The molecule has 0 aliphatic carbocycles. The molecule has 30 heavy (non-hydrogen) atoms. The number of para-hydroxylation sites is 1. The lowest BCUT2D eigenvalue weighted by molar-refractivity contribution is -0.120. The first-order valence-electron chi connectivity index (χ1n) is 9.37. The van der Waals surface area contributed by atoms with Gasteiger partial charge in [0.05, 0.1) is 18.5 Å². The lowest BCUT2D eigenvalue weighted by Gasteiger charge is -2.28. The fraction of sp³-hybridized carbons (Fsp3) is 0.130. The number of benzene rings is 3. The van der Waals surface area contributed by atoms with E-state index in [1.165, 1.54) is 7.11 Å². The number of nitrogens with two attached hydrogens (primary N) is 1. The van der Waals surface area contributed by atoms with Crippen molar-refractivity contribution in [2.75, 3.05) is 18.2 Å². The van der Waals surface area contributed by atoms with Gasteiger partial charge in [-0.3, -0.25) is 9.59 Å². The molecule has 1 aliphatic rings. The molecule has 3 N–H and O–H groups in total. The Balaban J connectivity index is 1.76. The summed E-state index contributed by atoms with van der Waals surface area (Å²) < 4.78 is 5.48. The lowest BCUT2D eigenvalue weighted by atomic mass is 10.0. The maximum absolute atomic E-state index is 13.5. The fourth-order valence-corrected chi connectivity index (χ4v) is 3.84. The van der Waals surface area contributed by atoms with Crippen LogP contribution in [0.15, 0.2) is 66.7 Å². The van der Waals surface area contributed by atoms with Gasteiger partial charge in [-0.05, 0) is 35.9 Å². The van der Waals surface area contributed by atoms with E-state index in [0.717, 1.165) is 5.56 Å². The third-order valence-electron chi connectivity index (χ3n) is 5.12. The van der Waals surface area contributed by atoms with Crippen LogP contribution in [0.1, 0.15) is 27.5 Å². The Bertz CT molecular complexity index is 1130. The standard InChI is InChI=1S/C23H20ClN3O3/c1-30-20-9-5-4-8-17(20)21(22(28)26-19-12-15(24)10-11-18(19)25)27-13-14-6-2-3-7-16(14)23(27)29/h2-12,21H,13,25H2,1H3,(H,26,28). The number of nitrogens with zero attached hydrogens (tertiary/aromatic N) is 1. The average Bonchev–Trinajstić information content (AvgIpc) is 3.08. The van der Waals surface area contributed by atoms with Crippen LogP contribution < -0.4 is 15.8 Å². The second-order valence-electron chi connectivity index (χ2n) is 6.96. The molecule has 1 heterocycles. The molecule has 3 aromatic carbocycles. The fourth-order valence-electron chi connectivity index (χ4n) is 3.67. The molecular weight excluding hydrogens is 402 g/mol. The number of hydrogen-bond donors (Lipinski definition) is 2. The number of nitrogens with one attached hydrogen (secondary N) is 1. The van der Waals surface area contributed by atoms with Crippen molar-refractivity contribution in [2.45, 2.75) is 12.6 Å². The van der Waals surface area contributed by atoms with Crippen LogP contribution >= 0.6 is 11.6 Å². The number of amides is 2. The molecule has 0 radical (unpaired) electrons. The van der Waals surface area contributed by atoms with E-state index in [9.17, 15) is 9.59 Å². The Morgan fingerprint density at radius 3 is 2.63 bits per heavy atom. The Labute approximate surface area is 179 Å². The highest BCUT2D eigenvalue weighted by molar-refractivity contribution is 6.31.